The number of carbonyl (C=O) groups is 2. The van der Waals surface area contributed by atoms with Crippen LogP contribution in [0.5, 0.6) is 0 Å². The van der Waals surface area contributed by atoms with E-state index in [4.69, 9.17) is 33.2 Å². The van der Waals surface area contributed by atoms with Crippen LogP contribution in [0, 0.1) is 11.3 Å². The van der Waals surface area contributed by atoms with E-state index in [2.05, 4.69) is 11.1 Å². The molecule has 0 aliphatic carbocycles. The molecule has 2 amide bonds. The van der Waals surface area contributed by atoms with Gasteiger partial charge in [0.2, 0.25) is 0 Å². The highest BCUT2D eigenvalue weighted by atomic mass is 35.5. The van der Waals surface area contributed by atoms with E-state index in [1.54, 1.807) is 65.5 Å². The van der Waals surface area contributed by atoms with Crippen molar-refractivity contribution >= 4 is 35.0 Å². The van der Waals surface area contributed by atoms with Gasteiger partial charge in [0.25, 0.3) is 11.8 Å². The number of hydrogen-bond donors (Lipinski definition) is 0. The number of nitriles is 1. The zero-order valence-corrected chi connectivity index (χ0v) is 22.0. The fourth-order valence-electron chi connectivity index (χ4n) is 4.47. The molecule has 4 rings (SSSR count). The van der Waals surface area contributed by atoms with Gasteiger partial charge in [0.1, 0.15) is 5.69 Å². The average molecular weight is 537 g/mol. The first-order chi connectivity index (χ1) is 17.8. The zero-order valence-electron chi connectivity index (χ0n) is 20.5. The number of halogens is 2. The van der Waals surface area contributed by atoms with Crippen molar-refractivity contribution in [1.82, 2.24) is 14.8 Å². The van der Waals surface area contributed by atoms with Crippen molar-refractivity contribution < 1.29 is 14.3 Å². The van der Waals surface area contributed by atoms with Crippen molar-refractivity contribution in [3.05, 3.63) is 98.8 Å². The molecule has 2 aromatic carbocycles. The van der Waals surface area contributed by atoms with Crippen LogP contribution in [0.25, 0.3) is 0 Å². The Labute approximate surface area is 226 Å². The SMILES string of the molecule is CCOCc1ccc(C(=O)N(C)[C@@H]2CN(C(=O)c3ccc(C#N)cc3)CC2c2ccc(Cl)c(Cl)c2)nc1. The molecule has 7 nitrogen and oxygen atoms in total. The molecule has 0 radical (unpaired) electrons. The van der Waals surface area contributed by atoms with Crippen molar-refractivity contribution in [3.8, 4) is 6.07 Å². The van der Waals surface area contributed by atoms with Gasteiger partial charge in [-0.1, -0.05) is 35.3 Å². The first-order valence-corrected chi connectivity index (χ1v) is 12.6. The van der Waals surface area contributed by atoms with Gasteiger partial charge in [-0.25, -0.2) is 0 Å². The molecule has 0 saturated carbocycles. The fraction of sp³-hybridized carbons (Fsp3) is 0.286. The van der Waals surface area contributed by atoms with Gasteiger partial charge in [-0.3, -0.25) is 14.6 Å². The third-order valence-corrected chi connectivity index (χ3v) is 7.28. The molecule has 190 valence electrons. The minimum Gasteiger partial charge on any atom is -0.377 e. The van der Waals surface area contributed by atoms with Gasteiger partial charge >= 0.3 is 0 Å². The summed E-state index contributed by atoms with van der Waals surface area (Å²) in [5, 5.41) is 9.91. The molecule has 2 atom stereocenters. The first-order valence-electron chi connectivity index (χ1n) is 11.9. The lowest BCUT2D eigenvalue weighted by atomic mass is 9.93. The van der Waals surface area contributed by atoms with Crippen LogP contribution < -0.4 is 0 Å². The smallest absolute Gasteiger partial charge is 0.272 e. The Hall–Kier alpha value is -3.44. The highest BCUT2D eigenvalue weighted by Crippen LogP contribution is 2.35. The van der Waals surface area contributed by atoms with Crippen LogP contribution in [0.1, 0.15) is 50.4 Å². The van der Waals surface area contributed by atoms with E-state index in [9.17, 15) is 9.59 Å². The summed E-state index contributed by atoms with van der Waals surface area (Å²) in [5.41, 5.74) is 3.04. The molecular formula is C28H26Cl2N4O3. The maximum absolute atomic E-state index is 13.4. The molecule has 1 fully saturated rings. The standard InChI is InChI=1S/C28H26Cl2N4O3/c1-3-37-17-19-6-11-25(32-14-19)28(36)33(2)26-16-34(27(35)20-7-4-18(13-31)5-8-20)15-22(26)21-9-10-23(29)24(30)12-21/h4-12,14,22,26H,3,15-17H2,1-2H3/t22?,26-/m1/s1. The van der Waals surface area contributed by atoms with E-state index >= 15 is 0 Å². The van der Waals surface area contributed by atoms with Crippen LogP contribution >= 0.6 is 23.2 Å². The maximum Gasteiger partial charge on any atom is 0.272 e. The van der Waals surface area contributed by atoms with Crippen LogP contribution in [0.15, 0.2) is 60.8 Å². The van der Waals surface area contributed by atoms with Gasteiger partial charge in [0.15, 0.2) is 0 Å². The van der Waals surface area contributed by atoms with Gasteiger partial charge in [-0.2, -0.15) is 5.26 Å². The van der Waals surface area contributed by atoms with Gasteiger partial charge in [-0.15, -0.1) is 0 Å². The van der Waals surface area contributed by atoms with Crippen molar-refractivity contribution in [1.29, 1.82) is 5.26 Å². The molecule has 1 saturated heterocycles. The van der Waals surface area contributed by atoms with E-state index in [0.717, 1.165) is 11.1 Å². The molecule has 0 N–H and O–H groups in total. The Morgan fingerprint density at radius 2 is 1.86 bits per heavy atom. The number of amides is 2. The van der Waals surface area contributed by atoms with Crippen LogP contribution in [-0.4, -0.2) is 59.4 Å². The van der Waals surface area contributed by atoms with Crippen molar-refractivity contribution in [2.45, 2.75) is 25.5 Å². The number of likely N-dealkylation sites (N-methyl/N-ethyl adjacent to an activating group) is 1. The topological polar surface area (TPSA) is 86.5 Å². The van der Waals surface area contributed by atoms with E-state index < -0.39 is 0 Å². The molecule has 1 aliphatic heterocycles. The van der Waals surface area contributed by atoms with E-state index in [1.165, 1.54) is 0 Å². The number of carbonyl (C=O) groups excluding carboxylic acids is 2. The number of pyridine rings is 1. The normalized spacial score (nSPS) is 16.9. The highest BCUT2D eigenvalue weighted by molar-refractivity contribution is 6.42. The van der Waals surface area contributed by atoms with Crippen LogP contribution in [0.3, 0.4) is 0 Å². The molecule has 2 heterocycles. The summed E-state index contributed by atoms with van der Waals surface area (Å²) in [7, 11) is 1.73. The molecule has 1 aromatic heterocycles. The summed E-state index contributed by atoms with van der Waals surface area (Å²) < 4.78 is 5.40. The lowest BCUT2D eigenvalue weighted by molar-refractivity contribution is 0.0691. The molecule has 3 aromatic rings. The lowest BCUT2D eigenvalue weighted by Crippen LogP contribution is -2.42. The number of hydrogen-bond acceptors (Lipinski definition) is 5. The summed E-state index contributed by atoms with van der Waals surface area (Å²) in [4.78, 5) is 34.5. The number of rotatable bonds is 7. The number of nitrogens with zero attached hydrogens (tertiary/aromatic N) is 4. The minimum atomic E-state index is -0.322. The zero-order chi connectivity index (χ0) is 26.5. The predicted molar refractivity (Wildman–Crippen MR) is 142 cm³/mol. The van der Waals surface area contributed by atoms with Crippen LogP contribution in [0.4, 0.5) is 0 Å². The monoisotopic (exact) mass is 536 g/mol. The largest absolute Gasteiger partial charge is 0.377 e. The van der Waals surface area contributed by atoms with Gasteiger partial charge in [0, 0.05) is 44.4 Å². The van der Waals surface area contributed by atoms with Crippen molar-refractivity contribution in [2.75, 3.05) is 26.7 Å². The van der Waals surface area contributed by atoms with Gasteiger partial charge in [0.05, 0.1) is 34.3 Å². The summed E-state index contributed by atoms with van der Waals surface area (Å²) in [6, 6.07) is 17.2. The van der Waals surface area contributed by atoms with E-state index in [0.29, 0.717) is 53.2 Å². The molecule has 1 unspecified atom stereocenters. The quantitative estimate of drug-likeness (QED) is 0.415. The third kappa shape index (κ3) is 5.94. The fourth-order valence-corrected chi connectivity index (χ4v) is 4.78. The Balaban J connectivity index is 1.60. The highest BCUT2D eigenvalue weighted by Gasteiger charge is 2.40. The Kier molecular flexibility index (Phi) is 8.45. The molecule has 0 bridgehead atoms. The Bertz CT molecular complexity index is 1320. The number of ether oxygens (including phenoxy) is 1. The molecule has 37 heavy (non-hydrogen) atoms. The van der Waals surface area contributed by atoms with Crippen LogP contribution in [-0.2, 0) is 11.3 Å². The molecular weight excluding hydrogens is 511 g/mol. The number of benzene rings is 2. The van der Waals surface area contributed by atoms with Crippen LogP contribution in [0.2, 0.25) is 10.0 Å². The first kappa shape index (κ1) is 26.6. The van der Waals surface area contributed by atoms with Gasteiger partial charge < -0.3 is 14.5 Å². The predicted octanol–water partition coefficient (Wildman–Crippen LogP) is 5.18. The number of likely N-dealkylation sites (tertiary alicyclic amines) is 1. The number of aromatic nitrogens is 1. The Morgan fingerprint density at radius 3 is 2.49 bits per heavy atom. The molecule has 9 heteroatoms. The second-order valence-corrected chi connectivity index (χ2v) is 9.67. The summed E-state index contributed by atoms with van der Waals surface area (Å²) in [6.45, 7) is 3.66. The van der Waals surface area contributed by atoms with E-state index in [1.807, 2.05) is 19.1 Å². The second kappa shape index (κ2) is 11.7. The van der Waals surface area contributed by atoms with Crippen molar-refractivity contribution in [2.24, 2.45) is 0 Å². The second-order valence-electron chi connectivity index (χ2n) is 8.85. The maximum atomic E-state index is 13.4. The van der Waals surface area contributed by atoms with Gasteiger partial charge in [-0.05, 0) is 60.5 Å². The van der Waals surface area contributed by atoms with E-state index in [-0.39, 0.29) is 23.8 Å². The average Bonchev–Trinajstić information content (AvgIpc) is 3.38. The minimum absolute atomic E-state index is 0.170. The summed E-state index contributed by atoms with van der Waals surface area (Å²) in [6.07, 6.45) is 1.64. The third-order valence-electron chi connectivity index (χ3n) is 6.54. The Morgan fingerprint density at radius 1 is 1.11 bits per heavy atom. The molecule has 1 aliphatic rings. The lowest BCUT2D eigenvalue weighted by Gasteiger charge is -2.29. The summed E-state index contributed by atoms with van der Waals surface area (Å²) >= 11 is 12.5. The molecule has 0 spiro atoms. The summed E-state index contributed by atoms with van der Waals surface area (Å²) in [5.74, 6) is -0.606. The van der Waals surface area contributed by atoms with Crippen molar-refractivity contribution in [3.63, 3.8) is 0 Å².